The normalized spacial score (nSPS) is 13.5. The number of halogens is 2. The Labute approximate surface area is 141 Å². The Balaban J connectivity index is 1.66. The van der Waals surface area contributed by atoms with Gasteiger partial charge in [-0.25, -0.2) is 9.18 Å². The van der Waals surface area contributed by atoms with Crippen LogP contribution in [0.15, 0.2) is 46.9 Å². The minimum atomic E-state index is -0.769. The van der Waals surface area contributed by atoms with Crippen LogP contribution in [-0.2, 0) is 0 Å². The van der Waals surface area contributed by atoms with Crippen molar-refractivity contribution in [2.75, 3.05) is 5.32 Å². The Bertz CT molecular complexity index is 775. The van der Waals surface area contributed by atoms with Gasteiger partial charge in [0.1, 0.15) is 5.82 Å². The molecule has 1 aliphatic rings. The maximum atomic E-state index is 14.0. The molecule has 0 radical (unpaired) electrons. The second-order valence-electron chi connectivity index (χ2n) is 5.40. The third kappa shape index (κ3) is 3.76. The Hall–Kier alpha value is -2.21. The van der Waals surface area contributed by atoms with Gasteiger partial charge in [-0.2, -0.15) is 0 Å². The Morgan fingerprint density at radius 3 is 2.52 bits per heavy atom. The highest BCUT2D eigenvalue weighted by Crippen LogP contribution is 2.40. The summed E-state index contributed by atoms with van der Waals surface area (Å²) in [6.45, 7) is 0. The van der Waals surface area contributed by atoms with E-state index in [0.29, 0.717) is 16.1 Å². The average molecular weight is 377 g/mol. The van der Waals surface area contributed by atoms with Crippen LogP contribution in [0.2, 0.25) is 0 Å². The molecule has 6 heteroatoms. The molecular weight excluding hydrogens is 363 g/mol. The van der Waals surface area contributed by atoms with Crippen molar-refractivity contribution in [2.24, 2.45) is 0 Å². The van der Waals surface area contributed by atoms with Crippen molar-refractivity contribution in [3.05, 3.63) is 63.9 Å². The molecule has 4 nitrogen and oxygen atoms in total. The molecule has 2 N–H and O–H groups in total. The summed E-state index contributed by atoms with van der Waals surface area (Å²) in [5.74, 6) is -0.977. The zero-order valence-corrected chi connectivity index (χ0v) is 13.7. The molecule has 0 heterocycles. The molecule has 118 valence electrons. The Morgan fingerprint density at radius 1 is 1.13 bits per heavy atom. The van der Waals surface area contributed by atoms with Crippen LogP contribution in [0.4, 0.5) is 14.9 Å². The van der Waals surface area contributed by atoms with Crippen molar-refractivity contribution in [1.82, 2.24) is 5.32 Å². The summed E-state index contributed by atoms with van der Waals surface area (Å²) < 4.78 is 14.7. The van der Waals surface area contributed by atoms with Gasteiger partial charge in [-0.3, -0.25) is 10.1 Å². The van der Waals surface area contributed by atoms with Crippen molar-refractivity contribution in [2.45, 2.75) is 18.8 Å². The standard InChI is InChI=1S/C17H14BrFN2O2/c18-13-3-1-2-4-15(13)20-17(23)21-16(22)12-8-7-11(9-14(12)19)10-5-6-10/h1-4,7-10H,5-6H2,(H2,20,21,22,23). The summed E-state index contributed by atoms with van der Waals surface area (Å²) in [6.07, 6.45) is 2.11. The lowest BCUT2D eigenvalue weighted by molar-refractivity contribution is 0.0963. The number of urea groups is 1. The van der Waals surface area contributed by atoms with Crippen LogP contribution in [0.25, 0.3) is 0 Å². The quantitative estimate of drug-likeness (QED) is 0.832. The van der Waals surface area contributed by atoms with E-state index in [1.165, 1.54) is 12.1 Å². The molecule has 3 amide bonds. The summed E-state index contributed by atoms with van der Waals surface area (Å²) in [5.41, 5.74) is 1.27. The van der Waals surface area contributed by atoms with Gasteiger partial charge in [0.25, 0.3) is 5.91 Å². The summed E-state index contributed by atoms with van der Waals surface area (Å²) >= 11 is 3.29. The monoisotopic (exact) mass is 376 g/mol. The molecular formula is C17H14BrFN2O2. The minimum absolute atomic E-state index is 0.142. The lowest BCUT2D eigenvalue weighted by Crippen LogP contribution is -2.34. The van der Waals surface area contributed by atoms with E-state index >= 15 is 0 Å². The van der Waals surface area contributed by atoms with Gasteiger partial charge < -0.3 is 5.32 Å². The third-order valence-electron chi connectivity index (χ3n) is 3.64. The number of imide groups is 1. The van der Waals surface area contributed by atoms with Crippen LogP contribution < -0.4 is 10.6 Å². The number of anilines is 1. The van der Waals surface area contributed by atoms with Gasteiger partial charge in [-0.15, -0.1) is 0 Å². The maximum absolute atomic E-state index is 14.0. The first kappa shape index (κ1) is 15.7. The van der Waals surface area contributed by atoms with Crippen LogP contribution in [0.5, 0.6) is 0 Å². The molecule has 0 aliphatic heterocycles. The van der Waals surface area contributed by atoms with Gasteiger partial charge in [0.2, 0.25) is 0 Å². The molecule has 0 saturated heterocycles. The van der Waals surface area contributed by atoms with E-state index in [2.05, 4.69) is 26.6 Å². The molecule has 2 aromatic rings. The predicted octanol–water partition coefficient (Wildman–Crippen LogP) is 4.43. The first-order valence-electron chi connectivity index (χ1n) is 7.21. The van der Waals surface area contributed by atoms with Gasteiger partial charge in [0.15, 0.2) is 0 Å². The SMILES string of the molecule is O=C(NC(=O)c1ccc(C2CC2)cc1F)Nc1ccccc1Br. The molecule has 1 aliphatic carbocycles. The lowest BCUT2D eigenvalue weighted by atomic mass is 10.1. The van der Waals surface area contributed by atoms with Gasteiger partial charge in [0.05, 0.1) is 11.3 Å². The average Bonchev–Trinajstić information content (AvgIpc) is 3.34. The number of rotatable bonds is 3. The predicted molar refractivity (Wildman–Crippen MR) is 89.0 cm³/mol. The number of nitrogens with one attached hydrogen (secondary N) is 2. The second-order valence-corrected chi connectivity index (χ2v) is 6.26. The van der Waals surface area contributed by atoms with Crippen LogP contribution in [0, 0.1) is 5.82 Å². The second kappa shape index (κ2) is 6.50. The highest BCUT2D eigenvalue weighted by molar-refractivity contribution is 9.10. The number of hydrogen-bond acceptors (Lipinski definition) is 2. The minimum Gasteiger partial charge on any atom is -0.307 e. The molecule has 1 saturated carbocycles. The molecule has 0 atom stereocenters. The number of hydrogen-bond donors (Lipinski definition) is 2. The van der Waals surface area contributed by atoms with E-state index in [0.717, 1.165) is 18.4 Å². The first-order chi connectivity index (χ1) is 11.0. The molecule has 0 spiro atoms. The molecule has 1 fully saturated rings. The fraction of sp³-hybridized carbons (Fsp3) is 0.176. The highest BCUT2D eigenvalue weighted by atomic mass is 79.9. The number of carbonyl (C=O) groups excluding carboxylic acids is 2. The molecule has 23 heavy (non-hydrogen) atoms. The smallest absolute Gasteiger partial charge is 0.307 e. The third-order valence-corrected chi connectivity index (χ3v) is 4.33. The maximum Gasteiger partial charge on any atom is 0.326 e. The van der Waals surface area contributed by atoms with E-state index < -0.39 is 17.8 Å². The Morgan fingerprint density at radius 2 is 1.87 bits per heavy atom. The van der Waals surface area contributed by atoms with Gasteiger partial charge in [-0.05, 0) is 64.5 Å². The fourth-order valence-corrected chi connectivity index (χ4v) is 2.66. The zero-order valence-electron chi connectivity index (χ0n) is 12.1. The van der Waals surface area contributed by atoms with E-state index in [1.54, 1.807) is 30.3 Å². The van der Waals surface area contributed by atoms with Crippen molar-refractivity contribution in [3.63, 3.8) is 0 Å². The Kier molecular flexibility index (Phi) is 4.43. The molecule has 2 aromatic carbocycles. The number of para-hydroxylation sites is 1. The summed E-state index contributed by atoms with van der Waals surface area (Å²) in [4.78, 5) is 23.9. The van der Waals surface area contributed by atoms with Crippen molar-refractivity contribution in [1.29, 1.82) is 0 Å². The van der Waals surface area contributed by atoms with Gasteiger partial charge >= 0.3 is 6.03 Å². The molecule has 0 bridgehead atoms. The molecule has 3 rings (SSSR count). The van der Waals surface area contributed by atoms with E-state index in [9.17, 15) is 14.0 Å². The molecule has 0 unspecified atom stereocenters. The topological polar surface area (TPSA) is 58.2 Å². The summed E-state index contributed by atoms with van der Waals surface area (Å²) in [6, 6.07) is 10.8. The van der Waals surface area contributed by atoms with E-state index in [-0.39, 0.29) is 5.56 Å². The summed E-state index contributed by atoms with van der Waals surface area (Å²) in [7, 11) is 0. The first-order valence-corrected chi connectivity index (χ1v) is 8.00. The van der Waals surface area contributed by atoms with Gasteiger partial charge in [0, 0.05) is 4.47 Å². The fourth-order valence-electron chi connectivity index (χ4n) is 2.27. The van der Waals surface area contributed by atoms with Crippen LogP contribution >= 0.6 is 15.9 Å². The van der Waals surface area contributed by atoms with E-state index in [4.69, 9.17) is 0 Å². The zero-order chi connectivity index (χ0) is 16.4. The lowest BCUT2D eigenvalue weighted by Gasteiger charge is -2.09. The van der Waals surface area contributed by atoms with Crippen molar-refractivity contribution in [3.8, 4) is 0 Å². The van der Waals surface area contributed by atoms with Crippen molar-refractivity contribution >= 4 is 33.6 Å². The van der Waals surface area contributed by atoms with Crippen molar-refractivity contribution < 1.29 is 14.0 Å². The largest absolute Gasteiger partial charge is 0.326 e. The van der Waals surface area contributed by atoms with Crippen LogP contribution in [0.1, 0.15) is 34.7 Å². The van der Waals surface area contributed by atoms with Crippen LogP contribution in [-0.4, -0.2) is 11.9 Å². The number of carbonyl (C=O) groups is 2. The van der Waals surface area contributed by atoms with E-state index in [1.807, 2.05) is 0 Å². The summed E-state index contributed by atoms with van der Waals surface area (Å²) in [5, 5.41) is 4.66. The van der Waals surface area contributed by atoms with Gasteiger partial charge in [-0.1, -0.05) is 18.2 Å². The van der Waals surface area contributed by atoms with Crippen LogP contribution in [0.3, 0.4) is 0 Å². The molecule has 0 aromatic heterocycles. The number of benzene rings is 2. The number of amides is 3. The highest BCUT2D eigenvalue weighted by Gasteiger charge is 2.25.